The van der Waals surface area contributed by atoms with Crippen LogP contribution in [0.3, 0.4) is 0 Å². The second kappa shape index (κ2) is 7.72. The Labute approximate surface area is 115 Å². The van der Waals surface area contributed by atoms with Crippen LogP contribution in [0.15, 0.2) is 24.3 Å². The Bertz CT molecular complexity index is 427. The lowest BCUT2D eigenvalue weighted by Crippen LogP contribution is -2.17. The molecule has 1 aromatic carbocycles. The average Bonchev–Trinajstić information content (AvgIpc) is 2.67. The van der Waals surface area contributed by atoms with Crippen molar-refractivity contribution in [3.63, 3.8) is 0 Å². The van der Waals surface area contributed by atoms with Crippen molar-refractivity contribution in [2.24, 2.45) is 5.92 Å². The minimum Gasteiger partial charge on any atom is -0.337 e. The Balaban J connectivity index is 0.000000203. The molecule has 0 N–H and O–H groups in total. The number of unbranched alkanes of at least 4 members (excludes halogenated alkanes) is 1. The van der Waals surface area contributed by atoms with Crippen LogP contribution in [0.1, 0.15) is 49.0 Å². The third kappa shape index (κ3) is 4.86. The molecular weight excluding hydrogens is 238 g/mol. The molecule has 1 amide bonds. The molecule has 0 aliphatic carbocycles. The number of carbonyl (C=O) groups is 2. The van der Waals surface area contributed by atoms with E-state index in [9.17, 15) is 9.59 Å². The summed E-state index contributed by atoms with van der Waals surface area (Å²) in [4.78, 5) is 22.8. The second-order valence-corrected chi connectivity index (χ2v) is 5.31. The molecule has 0 unspecified atom stereocenters. The van der Waals surface area contributed by atoms with Gasteiger partial charge < -0.3 is 9.69 Å². The van der Waals surface area contributed by atoms with E-state index >= 15 is 0 Å². The van der Waals surface area contributed by atoms with Gasteiger partial charge in [0.2, 0.25) is 0 Å². The summed E-state index contributed by atoms with van der Waals surface area (Å²) in [5.74, 6) is 0.885. The maximum atomic E-state index is 11.3. The highest BCUT2D eigenvalue weighted by atomic mass is 16.2. The van der Waals surface area contributed by atoms with Crippen LogP contribution < -0.4 is 0 Å². The zero-order valence-corrected chi connectivity index (χ0v) is 12.1. The first-order valence-electron chi connectivity index (χ1n) is 6.83. The summed E-state index contributed by atoms with van der Waals surface area (Å²) in [6.07, 6.45) is 3.96. The molecule has 3 heteroatoms. The molecule has 0 spiro atoms. The summed E-state index contributed by atoms with van der Waals surface area (Å²) >= 11 is 0. The molecule has 0 atom stereocenters. The lowest BCUT2D eigenvalue weighted by atomic mass is 10.1. The van der Waals surface area contributed by atoms with Crippen LogP contribution in [0, 0.1) is 5.92 Å². The summed E-state index contributed by atoms with van der Waals surface area (Å²) in [6, 6.07) is 7.74. The Kier molecular flexibility index (Phi) is 6.26. The van der Waals surface area contributed by atoms with Crippen LogP contribution in [0.4, 0.5) is 0 Å². The van der Waals surface area contributed by atoms with Gasteiger partial charge in [0, 0.05) is 25.6 Å². The number of aldehydes is 1. The first-order valence-corrected chi connectivity index (χ1v) is 6.83. The molecule has 0 bridgehead atoms. The van der Waals surface area contributed by atoms with E-state index < -0.39 is 0 Å². The third-order valence-electron chi connectivity index (χ3n) is 3.11. The zero-order chi connectivity index (χ0) is 14.3. The van der Waals surface area contributed by atoms with Crippen LogP contribution in [0.2, 0.25) is 0 Å². The van der Waals surface area contributed by atoms with Crippen molar-refractivity contribution in [2.75, 3.05) is 7.05 Å². The smallest absolute Gasteiger partial charge is 0.254 e. The molecule has 19 heavy (non-hydrogen) atoms. The van der Waals surface area contributed by atoms with Crippen molar-refractivity contribution in [2.45, 2.75) is 39.7 Å². The van der Waals surface area contributed by atoms with Crippen molar-refractivity contribution in [3.8, 4) is 0 Å². The van der Waals surface area contributed by atoms with Crippen molar-refractivity contribution in [3.05, 3.63) is 35.4 Å². The number of hydrogen-bond donors (Lipinski definition) is 0. The number of benzene rings is 1. The van der Waals surface area contributed by atoms with Crippen molar-refractivity contribution >= 4 is 12.2 Å². The van der Waals surface area contributed by atoms with E-state index in [-0.39, 0.29) is 5.91 Å². The van der Waals surface area contributed by atoms with Gasteiger partial charge >= 0.3 is 0 Å². The molecule has 0 radical (unpaired) electrons. The zero-order valence-electron chi connectivity index (χ0n) is 12.1. The van der Waals surface area contributed by atoms with Gasteiger partial charge in [0.05, 0.1) is 0 Å². The highest BCUT2D eigenvalue weighted by Crippen LogP contribution is 2.19. The van der Waals surface area contributed by atoms with Crippen LogP contribution in [-0.2, 0) is 11.3 Å². The lowest BCUT2D eigenvalue weighted by molar-refractivity contribution is -0.107. The SMILES string of the molecule is CC(C)CCCC=O.CN1Cc2ccccc2C1=O. The first-order chi connectivity index (χ1) is 9.06. The average molecular weight is 261 g/mol. The largest absolute Gasteiger partial charge is 0.337 e. The quantitative estimate of drug-likeness (QED) is 0.616. The Morgan fingerprint density at radius 2 is 2.00 bits per heavy atom. The number of nitrogens with zero attached hydrogens (tertiary/aromatic N) is 1. The summed E-state index contributed by atoms with van der Waals surface area (Å²) in [6.45, 7) is 5.10. The van der Waals surface area contributed by atoms with Crippen LogP contribution in [0.5, 0.6) is 0 Å². The molecule has 0 aromatic heterocycles. The summed E-state index contributed by atoms with van der Waals surface area (Å²) in [5.41, 5.74) is 2.00. The molecule has 1 aliphatic heterocycles. The van der Waals surface area contributed by atoms with E-state index in [1.54, 1.807) is 4.90 Å². The van der Waals surface area contributed by atoms with Gasteiger partial charge in [0.15, 0.2) is 0 Å². The molecule has 104 valence electrons. The van der Waals surface area contributed by atoms with Gasteiger partial charge in [0.25, 0.3) is 5.91 Å². The number of carbonyl (C=O) groups excluding carboxylic acids is 2. The normalized spacial score (nSPS) is 13.1. The van der Waals surface area contributed by atoms with E-state index in [1.165, 1.54) is 6.42 Å². The third-order valence-corrected chi connectivity index (χ3v) is 3.11. The molecule has 1 heterocycles. The van der Waals surface area contributed by atoms with E-state index in [1.807, 2.05) is 31.3 Å². The molecule has 0 fully saturated rings. The molecular formula is C16H23NO2. The molecule has 1 aromatic rings. The lowest BCUT2D eigenvalue weighted by Gasteiger charge is -2.04. The summed E-state index contributed by atoms with van der Waals surface area (Å²) in [5, 5.41) is 0. The Morgan fingerprint density at radius 1 is 1.32 bits per heavy atom. The number of fused-ring (bicyclic) bond motifs is 1. The van der Waals surface area contributed by atoms with Gasteiger partial charge in [-0.1, -0.05) is 38.5 Å². The molecule has 3 nitrogen and oxygen atoms in total. The van der Waals surface area contributed by atoms with Crippen LogP contribution in [0.25, 0.3) is 0 Å². The second-order valence-electron chi connectivity index (χ2n) is 5.31. The van der Waals surface area contributed by atoms with Gasteiger partial charge in [-0.15, -0.1) is 0 Å². The fraction of sp³-hybridized carbons (Fsp3) is 0.500. The fourth-order valence-electron chi connectivity index (χ4n) is 2.01. The summed E-state index contributed by atoms with van der Waals surface area (Å²) < 4.78 is 0. The van der Waals surface area contributed by atoms with Gasteiger partial charge in [-0.05, 0) is 24.0 Å². The highest BCUT2D eigenvalue weighted by Gasteiger charge is 2.22. The predicted molar refractivity (Wildman–Crippen MR) is 77.0 cm³/mol. The standard InChI is InChI=1S/C9H9NO.C7H14O/c1-10-6-7-4-2-3-5-8(7)9(10)11;1-7(2)5-3-4-6-8/h2-5H,6H2,1H3;6-7H,3-5H2,1-2H3. The molecule has 0 saturated heterocycles. The summed E-state index contributed by atoms with van der Waals surface area (Å²) in [7, 11) is 1.82. The van der Waals surface area contributed by atoms with Gasteiger partial charge in [0.1, 0.15) is 6.29 Å². The van der Waals surface area contributed by atoms with E-state index in [0.717, 1.165) is 42.7 Å². The number of rotatable bonds is 4. The first kappa shape index (κ1) is 15.4. The van der Waals surface area contributed by atoms with Gasteiger partial charge in [-0.3, -0.25) is 4.79 Å². The van der Waals surface area contributed by atoms with Gasteiger partial charge in [-0.25, -0.2) is 0 Å². The minimum absolute atomic E-state index is 0.139. The monoisotopic (exact) mass is 261 g/mol. The van der Waals surface area contributed by atoms with Gasteiger partial charge in [-0.2, -0.15) is 0 Å². The molecule has 0 saturated carbocycles. The van der Waals surface area contributed by atoms with E-state index in [4.69, 9.17) is 0 Å². The Hall–Kier alpha value is -1.64. The van der Waals surface area contributed by atoms with Crippen molar-refractivity contribution < 1.29 is 9.59 Å². The van der Waals surface area contributed by atoms with Crippen LogP contribution in [-0.4, -0.2) is 24.1 Å². The van der Waals surface area contributed by atoms with Crippen molar-refractivity contribution in [1.82, 2.24) is 4.90 Å². The highest BCUT2D eigenvalue weighted by molar-refractivity contribution is 5.98. The van der Waals surface area contributed by atoms with E-state index in [0.29, 0.717) is 0 Å². The minimum atomic E-state index is 0.139. The Morgan fingerprint density at radius 3 is 2.58 bits per heavy atom. The topological polar surface area (TPSA) is 37.4 Å². The maximum absolute atomic E-state index is 11.3. The maximum Gasteiger partial charge on any atom is 0.254 e. The predicted octanol–water partition coefficient (Wildman–Crippen LogP) is 3.28. The molecule has 2 rings (SSSR count). The fourth-order valence-corrected chi connectivity index (χ4v) is 2.01. The van der Waals surface area contributed by atoms with E-state index in [2.05, 4.69) is 13.8 Å². The van der Waals surface area contributed by atoms with Crippen molar-refractivity contribution in [1.29, 1.82) is 0 Å². The molecule has 1 aliphatic rings. The number of hydrogen-bond acceptors (Lipinski definition) is 2. The number of amides is 1. The van der Waals surface area contributed by atoms with Crippen LogP contribution >= 0.6 is 0 Å².